The van der Waals surface area contributed by atoms with E-state index in [4.69, 9.17) is 4.74 Å². The van der Waals surface area contributed by atoms with Gasteiger partial charge in [-0.25, -0.2) is 4.79 Å². The zero-order valence-electron chi connectivity index (χ0n) is 14.6. The third kappa shape index (κ3) is 3.60. The Bertz CT molecular complexity index is 763. The minimum absolute atomic E-state index is 0.0468. The van der Waals surface area contributed by atoms with E-state index in [1.54, 1.807) is 40.9 Å². The fourth-order valence-corrected chi connectivity index (χ4v) is 4.63. The van der Waals surface area contributed by atoms with Crippen molar-refractivity contribution >= 4 is 41.0 Å². The van der Waals surface area contributed by atoms with Gasteiger partial charge in [0.05, 0.1) is 4.87 Å². The molecule has 138 valence electrons. The highest BCUT2D eigenvalue weighted by Crippen LogP contribution is 2.47. The van der Waals surface area contributed by atoms with Crippen molar-refractivity contribution in [2.75, 3.05) is 17.7 Å². The van der Waals surface area contributed by atoms with Gasteiger partial charge in [-0.1, -0.05) is 0 Å². The number of anilines is 1. The highest BCUT2D eigenvalue weighted by Gasteiger charge is 2.53. The van der Waals surface area contributed by atoms with E-state index in [1.807, 2.05) is 6.92 Å². The lowest BCUT2D eigenvalue weighted by Gasteiger charge is -2.29. The van der Waals surface area contributed by atoms with Crippen LogP contribution >= 0.6 is 11.8 Å². The van der Waals surface area contributed by atoms with Gasteiger partial charge in [-0.3, -0.25) is 14.4 Å². The molecule has 0 aromatic heterocycles. The topological polar surface area (TPSA) is 92.8 Å². The van der Waals surface area contributed by atoms with Crippen LogP contribution in [-0.2, 0) is 19.1 Å². The van der Waals surface area contributed by atoms with Crippen LogP contribution < -0.4 is 5.32 Å². The van der Waals surface area contributed by atoms with Gasteiger partial charge in [0.2, 0.25) is 5.91 Å². The van der Waals surface area contributed by atoms with Gasteiger partial charge < -0.3 is 15.0 Å². The lowest BCUT2D eigenvalue weighted by atomic mass is 10.1. The monoisotopic (exact) mass is 376 g/mol. The highest BCUT2D eigenvalue weighted by molar-refractivity contribution is 8.01. The smallest absolute Gasteiger partial charge is 0.330 e. The van der Waals surface area contributed by atoms with Crippen molar-refractivity contribution in [1.29, 1.82) is 0 Å². The first-order valence-corrected chi connectivity index (χ1v) is 9.32. The van der Waals surface area contributed by atoms with Crippen molar-refractivity contribution in [2.45, 2.75) is 37.6 Å². The molecule has 0 unspecified atom stereocenters. The number of carbonyl (C=O) groups excluding carboxylic acids is 4. The predicted molar refractivity (Wildman–Crippen MR) is 96.8 cm³/mol. The number of amides is 2. The number of esters is 1. The average molecular weight is 376 g/mol. The molecule has 3 rings (SSSR count). The largest absolute Gasteiger partial charge is 0.454 e. The molecule has 0 bridgehead atoms. The molecule has 0 radical (unpaired) electrons. The lowest BCUT2D eigenvalue weighted by molar-refractivity contribution is -0.155. The Kier molecular flexibility index (Phi) is 5.04. The van der Waals surface area contributed by atoms with Crippen LogP contribution in [0.3, 0.4) is 0 Å². The molecule has 2 aliphatic rings. The van der Waals surface area contributed by atoms with Crippen LogP contribution in [0.25, 0.3) is 0 Å². The summed E-state index contributed by atoms with van der Waals surface area (Å²) in [6.45, 7) is 2.99. The molecule has 2 aliphatic heterocycles. The summed E-state index contributed by atoms with van der Waals surface area (Å²) in [6, 6.07) is 5.80. The molecule has 26 heavy (non-hydrogen) atoms. The van der Waals surface area contributed by atoms with Crippen LogP contribution in [-0.4, -0.2) is 51.7 Å². The molecule has 8 heteroatoms. The molecular formula is C18H20N2O5S. The van der Waals surface area contributed by atoms with Crippen molar-refractivity contribution in [2.24, 2.45) is 0 Å². The number of ketones is 1. The zero-order valence-corrected chi connectivity index (χ0v) is 15.4. The molecule has 0 aliphatic carbocycles. The van der Waals surface area contributed by atoms with E-state index < -0.39 is 24.5 Å². The third-order valence-corrected chi connectivity index (χ3v) is 6.14. The average Bonchev–Trinajstić information content (AvgIpc) is 3.09. The van der Waals surface area contributed by atoms with Gasteiger partial charge in [-0.2, -0.15) is 0 Å². The molecule has 2 saturated heterocycles. The molecule has 0 saturated carbocycles. The van der Waals surface area contributed by atoms with Crippen LogP contribution in [0, 0.1) is 0 Å². The Morgan fingerprint density at radius 3 is 2.65 bits per heavy atom. The van der Waals surface area contributed by atoms with Crippen LogP contribution in [0.15, 0.2) is 24.3 Å². The number of nitrogens with one attached hydrogen (secondary N) is 1. The summed E-state index contributed by atoms with van der Waals surface area (Å²) in [4.78, 5) is 48.8. The van der Waals surface area contributed by atoms with Crippen molar-refractivity contribution in [3.05, 3.63) is 29.8 Å². The van der Waals surface area contributed by atoms with Gasteiger partial charge in [0.1, 0.15) is 6.04 Å². The van der Waals surface area contributed by atoms with E-state index >= 15 is 0 Å². The molecule has 0 spiro atoms. The van der Waals surface area contributed by atoms with Crippen LogP contribution in [0.5, 0.6) is 0 Å². The minimum Gasteiger partial charge on any atom is -0.454 e. The first-order chi connectivity index (χ1) is 12.3. The van der Waals surface area contributed by atoms with Gasteiger partial charge in [0.25, 0.3) is 5.91 Å². The molecular weight excluding hydrogens is 356 g/mol. The molecule has 1 aromatic carbocycles. The summed E-state index contributed by atoms with van der Waals surface area (Å²) in [5, 5.41) is 2.60. The lowest BCUT2D eigenvalue weighted by Crippen LogP contribution is -2.47. The number of nitrogens with zero attached hydrogens (tertiary/aromatic N) is 1. The normalized spacial score (nSPS) is 24.3. The zero-order chi connectivity index (χ0) is 18.9. The highest BCUT2D eigenvalue weighted by atomic mass is 32.2. The number of fused-ring (bicyclic) bond motifs is 1. The summed E-state index contributed by atoms with van der Waals surface area (Å²) >= 11 is 1.57. The second-order valence-corrected chi connectivity index (χ2v) is 8.06. The Morgan fingerprint density at radius 2 is 2.00 bits per heavy atom. The van der Waals surface area contributed by atoms with Gasteiger partial charge in [0.15, 0.2) is 12.4 Å². The number of hydrogen-bond acceptors (Lipinski definition) is 6. The number of rotatable bonds is 5. The summed E-state index contributed by atoms with van der Waals surface area (Å²) in [5.41, 5.74) is 1.06. The van der Waals surface area contributed by atoms with Crippen molar-refractivity contribution in [3.8, 4) is 0 Å². The SMILES string of the molecule is CC(=O)c1ccc(NC(=O)COC(=O)[C@H]2CS[C@@]3(C)CCC(=O)N23)cc1. The Morgan fingerprint density at radius 1 is 1.31 bits per heavy atom. The summed E-state index contributed by atoms with van der Waals surface area (Å²) in [6.07, 6.45) is 1.15. The Balaban J connectivity index is 1.52. The van der Waals surface area contributed by atoms with Gasteiger partial charge >= 0.3 is 5.97 Å². The molecule has 2 amide bonds. The third-order valence-electron chi connectivity index (χ3n) is 4.64. The van der Waals surface area contributed by atoms with E-state index in [0.29, 0.717) is 23.4 Å². The van der Waals surface area contributed by atoms with Gasteiger partial charge in [0, 0.05) is 23.4 Å². The minimum atomic E-state index is -0.636. The number of benzene rings is 1. The van der Waals surface area contributed by atoms with E-state index in [-0.39, 0.29) is 16.6 Å². The van der Waals surface area contributed by atoms with Crippen LogP contribution in [0.4, 0.5) is 5.69 Å². The van der Waals surface area contributed by atoms with Gasteiger partial charge in [-0.15, -0.1) is 11.8 Å². The maximum atomic E-state index is 12.3. The molecule has 1 aromatic rings. The number of hydrogen-bond donors (Lipinski definition) is 1. The molecule has 1 N–H and O–H groups in total. The standard InChI is InChI=1S/C18H20N2O5S/c1-11(21)12-3-5-13(6-4-12)19-15(22)9-25-17(24)14-10-26-18(2)8-7-16(23)20(14)18/h3-6,14H,7-10H2,1-2H3,(H,19,22)/t14-,18+/m1/s1. The van der Waals surface area contributed by atoms with E-state index in [0.717, 1.165) is 6.42 Å². The molecule has 2 fully saturated rings. The van der Waals surface area contributed by atoms with E-state index in [2.05, 4.69) is 5.32 Å². The fourth-order valence-electron chi connectivity index (χ4n) is 3.21. The maximum absolute atomic E-state index is 12.3. The second-order valence-electron chi connectivity index (χ2n) is 6.55. The number of thioether (sulfide) groups is 1. The van der Waals surface area contributed by atoms with Crippen LogP contribution in [0.2, 0.25) is 0 Å². The summed E-state index contributed by atoms with van der Waals surface area (Å²) in [7, 11) is 0. The molecule has 2 heterocycles. The molecule has 2 atom stereocenters. The number of ether oxygens (including phenoxy) is 1. The van der Waals surface area contributed by atoms with Gasteiger partial charge in [-0.05, 0) is 44.5 Å². The summed E-state index contributed by atoms with van der Waals surface area (Å²) < 4.78 is 5.11. The summed E-state index contributed by atoms with van der Waals surface area (Å²) in [5.74, 6) is -0.660. The quantitative estimate of drug-likeness (QED) is 0.622. The first kappa shape index (κ1) is 18.4. The van der Waals surface area contributed by atoms with Crippen molar-refractivity contribution < 1.29 is 23.9 Å². The second kappa shape index (κ2) is 7.11. The van der Waals surface area contributed by atoms with E-state index in [9.17, 15) is 19.2 Å². The number of Topliss-reactive ketones (excluding diaryl/α,β-unsaturated/α-hetero) is 1. The first-order valence-electron chi connectivity index (χ1n) is 8.34. The molecule has 7 nitrogen and oxygen atoms in total. The van der Waals surface area contributed by atoms with E-state index in [1.165, 1.54) is 6.92 Å². The Labute approximate surface area is 155 Å². The van der Waals surface area contributed by atoms with Crippen LogP contribution in [0.1, 0.15) is 37.0 Å². The predicted octanol–water partition coefficient (Wildman–Crippen LogP) is 1.82. The fraction of sp³-hybridized carbons (Fsp3) is 0.444. The maximum Gasteiger partial charge on any atom is 0.330 e. The number of carbonyl (C=O) groups is 4. The van der Waals surface area contributed by atoms with Crippen molar-refractivity contribution in [1.82, 2.24) is 4.90 Å². The van der Waals surface area contributed by atoms with Crippen molar-refractivity contribution in [3.63, 3.8) is 0 Å². The Hall–Kier alpha value is -2.35.